The van der Waals surface area contributed by atoms with Crippen LogP contribution in [0.2, 0.25) is 0 Å². The van der Waals surface area contributed by atoms with Crippen LogP contribution in [0.4, 0.5) is 0 Å². The van der Waals surface area contributed by atoms with Crippen molar-refractivity contribution < 1.29 is 9.90 Å². The molecule has 0 aromatic heterocycles. The van der Waals surface area contributed by atoms with E-state index in [0.29, 0.717) is 13.0 Å². The van der Waals surface area contributed by atoms with Crippen molar-refractivity contribution in [1.29, 1.82) is 0 Å². The Hall–Kier alpha value is -0.220. The number of amides is 1. The van der Waals surface area contributed by atoms with Crippen molar-refractivity contribution in [2.75, 3.05) is 18.6 Å². The predicted octanol–water partition coefficient (Wildman–Crippen LogP) is 1.26. The van der Waals surface area contributed by atoms with Gasteiger partial charge in [-0.3, -0.25) is 4.79 Å². The van der Waals surface area contributed by atoms with Crippen molar-refractivity contribution in [3.05, 3.63) is 0 Å². The third kappa shape index (κ3) is 7.21. The third-order valence-electron chi connectivity index (χ3n) is 2.03. The lowest BCUT2D eigenvalue weighted by Gasteiger charge is -2.14. The van der Waals surface area contributed by atoms with E-state index in [9.17, 15) is 9.90 Å². The molecule has 0 fully saturated rings. The van der Waals surface area contributed by atoms with Crippen molar-refractivity contribution in [2.24, 2.45) is 5.92 Å². The largest absolute Gasteiger partial charge is 0.391 e. The number of carbonyl (C=O) groups is 1. The van der Waals surface area contributed by atoms with Gasteiger partial charge in [0.25, 0.3) is 0 Å². The molecule has 1 unspecified atom stereocenters. The lowest BCUT2D eigenvalue weighted by molar-refractivity contribution is -0.121. The minimum atomic E-state index is -0.431. The van der Waals surface area contributed by atoms with E-state index in [1.54, 1.807) is 11.8 Å². The summed E-state index contributed by atoms with van der Waals surface area (Å²) in [6.45, 7) is 4.24. The first kappa shape index (κ1) is 13.8. The molecule has 0 radical (unpaired) electrons. The fourth-order valence-corrected chi connectivity index (χ4v) is 1.35. The monoisotopic (exact) mass is 219 g/mol. The standard InChI is InChI=1S/C10H21NO2S/c1-8(2)9(12)7-11-10(13)5-4-6-14-3/h8-9,12H,4-7H2,1-3H3,(H,11,13). The molecule has 0 bridgehead atoms. The zero-order valence-corrected chi connectivity index (χ0v) is 10.1. The fourth-order valence-electron chi connectivity index (χ4n) is 0.920. The summed E-state index contributed by atoms with van der Waals surface area (Å²) >= 11 is 1.74. The average molecular weight is 219 g/mol. The van der Waals surface area contributed by atoms with E-state index >= 15 is 0 Å². The quantitative estimate of drug-likeness (QED) is 0.634. The molecule has 0 aromatic carbocycles. The highest BCUT2D eigenvalue weighted by molar-refractivity contribution is 7.98. The Labute approximate surface area is 90.7 Å². The Kier molecular flexibility index (Phi) is 7.99. The Morgan fingerprint density at radius 3 is 2.64 bits per heavy atom. The molecule has 0 rings (SSSR count). The van der Waals surface area contributed by atoms with E-state index in [1.165, 1.54) is 0 Å². The van der Waals surface area contributed by atoms with Gasteiger partial charge in [-0.1, -0.05) is 13.8 Å². The zero-order chi connectivity index (χ0) is 11.0. The van der Waals surface area contributed by atoms with Crippen LogP contribution in [0.5, 0.6) is 0 Å². The van der Waals surface area contributed by atoms with Crippen LogP contribution in [0.15, 0.2) is 0 Å². The lowest BCUT2D eigenvalue weighted by Crippen LogP contribution is -2.34. The Morgan fingerprint density at radius 2 is 2.14 bits per heavy atom. The number of nitrogens with one attached hydrogen (secondary N) is 1. The molecule has 0 spiro atoms. The second kappa shape index (κ2) is 8.12. The molecular formula is C10H21NO2S. The van der Waals surface area contributed by atoms with Crippen LogP contribution in [0.1, 0.15) is 26.7 Å². The molecule has 1 amide bonds. The molecule has 3 nitrogen and oxygen atoms in total. The van der Waals surface area contributed by atoms with Crippen molar-refractivity contribution in [2.45, 2.75) is 32.8 Å². The van der Waals surface area contributed by atoms with Gasteiger partial charge in [-0.05, 0) is 24.3 Å². The lowest BCUT2D eigenvalue weighted by atomic mass is 10.1. The average Bonchev–Trinajstić information content (AvgIpc) is 2.14. The van der Waals surface area contributed by atoms with Gasteiger partial charge in [-0.25, -0.2) is 0 Å². The van der Waals surface area contributed by atoms with Gasteiger partial charge in [0, 0.05) is 13.0 Å². The van der Waals surface area contributed by atoms with Crippen LogP contribution < -0.4 is 5.32 Å². The van der Waals surface area contributed by atoms with E-state index < -0.39 is 6.10 Å². The first-order chi connectivity index (χ1) is 6.57. The van der Waals surface area contributed by atoms with Crippen molar-refractivity contribution in [3.63, 3.8) is 0 Å². The molecule has 2 N–H and O–H groups in total. The molecule has 0 aliphatic carbocycles. The molecule has 0 heterocycles. The molecule has 0 saturated carbocycles. The molecule has 0 saturated heterocycles. The Bertz CT molecular complexity index is 162. The number of hydrogen-bond acceptors (Lipinski definition) is 3. The summed E-state index contributed by atoms with van der Waals surface area (Å²) in [6.07, 6.45) is 3.07. The van der Waals surface area contributed by atoms with Gasteiger partial charge >= 0.3 is 0 Å². The van der Waals surface area contributed by atoms with Gasteiger partial charge in [0.15, 0.2) is 0 Å². The second-order valence-corrected chi connectivity index (χ2v) is 4.70. The van der Waals surface area contributed by atoms with Gasteiger partial charge in [-0.15, -0.1) is 0 Å². The molecular weight excluding hydrogens is 198 g/mol. The first-order valence-corrected chi connectivity index (χ1v) is 6.41. The maximum absolute atomic E-state index is 11.2. The molecule has 84 valence electrons. The van der Waals surface area contributed by atoms with Crippen LogP contribution in [0.3, 0.4) is 0 Å². The van der Waals surface area contributed by atoms with E-state index in [0.717, 1.165) is 12.2 Å². The fraction of sp³-hybridized carbons (Fsp3) is 0.900. The smallest absolute Gasteiger partial charge is 0.220 e. The molecule has 1 atom stereocenters. The van der Waals surface area contributed by atoms with Crippen molar-refractivity contribution in [1.82, 2.24) is 5.32 Å². The van der Waals surface area contributed by atoms with Crippen LogP contribution in [-0.2, 0) is 4.79 Å². The third-order valence-corrected chi connectivity index (χ3v) is 2.73. The minimum Gasteiger partial charge on any atom is -0.391 e. The highest BCUT2D eigenvalue weighted by atomic mass is 32.2. The molecule has 0 aromatic rings. The van der Waals surface area contributed by atoms with Crippen molar-refractivity contribution in [3.8, 4) is 0 Å². The topological polar surface area (TPSA) is 49.3 Å². The van der Waals surface area contributed by atoms with E-state index in [4.69, 9.17) is 0 Å². The Balaban J connectivity index is 3.44. The molecule has 0 aliphatic heterocycles. The minimum absolute atomic E-state index is 0.0405. The highest BCUT2D eigenvalue weighted by Gasteiger charge is 2.10. The van der Waals surface area contributed by atoms with Gasteiger partial charge in [-0.2, -0.15) is 11.8 Å². The van der Waals surface area contributed by atoms with Gasteiger partial charge < -0.3 is 10.4 Å². The first-order valence-electron chi connectivity index (χ1n) is 5.01. The Morgan fingerprint density at radius 1 is 1.50 bits per heavy atom. The number of carbonyl (C=O) groups excluding carboxylic acids is 1. The number of rotatable bonds is 7. The van der Waals surface area contributed by atoms with Gasteiger partial charge in [0.1, 0.15) is 0 Å². The molecule has 0 aliphatic rings. The van der Waals surface area contributed by atoms with Crippen LogP contribution >= 0.6 is 11.8 Å². The second-order valence-electron chi connectivity index (χ2n) is 3.71. The van der Waals surface area contributed by atoms with Gasteiger partial charge in [0.05, 0.1) is 6.10 Å². The van der Waals surface area contributed by atoms with Gasteiger partial charge in [0.2, 0.25) is 5.91 Å². The number of hydrogen-bond donors (Lipinski definition) is 2. The summed E-state index contributed by atoms with van der Waals surface area (Å²) in [6, 6.07) is 0. The van der Waals surface area contributed by atoms with E-state index in [-0.39, 0.29) is 11.8 Å². The van der Waals surface area contributed by atoms with Crippen LogP contribution in [0, 0.1) is 5.92 Å². The maximum Gasteiger partial charge on any atom is 0.220 e. The predicted molar refractivity (Wildman–Crippen MR) is 61.5 cm³/mol. The summed E-state index contributed by atoms with van der Waals surface area (Å²) in [4.78, 5) is 11.2. The normalized spacial score (nSPS) is 12.9. The molecule has 14 heavy (non-hydrogen) atoms. The number of aliphatic hydroxyl groups is 1. The van der Waals surface area contributed by atoms with E-state index in [1.807, 2.05) is 20.1 Å². The summed E-state index contributed by atoms with van der Waals surface area (Å²) in [5.74, 6) is 1.25. The van der Waals surface area contributed by atoms with Crippen molar-refractivity contribution >= 4 is 17.7 Å². The summed E-state index contributed by atoms with van der Waals surface area (Å²) < 4.78 is 0. The maximum atomic E-state index is 11.2. The summed E-state index contributed by atoms with van der Waals surface area (Å²) in [5, 5.41) is 12.2. The SMILES string of the molecule is CSCCCC(=O)NCC(O)C(C)C. The number of aliphatic hydroxyl groups excluding tert-OH is 1. The van der Waals surface area contributed by atoms with E-state index in [2.05, 4.69) is 5.32 Å². The highest BCUT2D eigenvalue weighted by Crippen LogP contribution is 2.01. The van der Waals surface area contributed by atoms with Crippen LogP contribution in [0.25, 0.3) is 0 Å². The molecule has 4 heteroatoms. The van der Waals surface area contributed by atoms with Crippen LogP contribution in [-0.4, -0.2) is 35.7 Å². The summed E-state index contributed by atoms with van der Waals surface area (Å²) in [5.41, 5.74) is 0. The number of thioether (sulfide) groups is 1. The summed E-state index contributed by atoms with van der Waals surface area (Å²) in [7, 11) is 0. The zero-order valence-electron chi connectivity index (χ0n) is 9.25.